The molecule has 0 aromatic rings. The van der Waals surface area contributed by atoms with Crippen LogP contribution in [0.25, 0.3) is 0 Å². The van der Waals surface area contributed by atoms with E-state index in [2.05, 4.69) is 11.6 Å². The predicted octanol–water partition coefficient (Wildman–Crippen LogP) is 3.35. The number of sulfonamides is 1. The van der Waals surface area contributed by atoms with Gasteiger partial charge in [0.25, 0.3) is 0 Å². The van der Waals surface area contributed by atoms with E-state index in [0.717, 1.165) is 38.0 Å². The van der Waals surface area contributed by atoms with Crippen LogP contribution in [-0.4, -0.2) is 14.5 Å². The van der Waals surface area contributed by atoms with Crippen LogP contribution in [0.5, 0.6) is 0 Å². The van der Waals surface area contributed by atoms with E-state index in [4.69, 9.17) is 0 Å². The van der Waals surface area contributed by atoms with Gasteiger partial charge in [0.1, 0.15) is 0 Å². The summed E-state index contributed by atoms with van der Waals surface area (Å²) in [6.07, 6.45) is 10.1. The molecule has 0 heterocycles. The normalized spacial score (nSPS) is 26.7. The molecule has 0 amide bonds. The lowest BCUT2D eigenvalue weighted by Gasteiger charge is -2.26. The van der Waals surface area contributed by atoms with Crippen LogP contribution in [0.2, 0.25) is 0 Å². The molecule has 1 fully saturated rings. The van der Waals surface area contributed by atoms with Crippen molar-refractivity contribution in [2.45, 2.75) is 58.9 Å². The van der Waals surface area contributed by atoms with Crippen molar-refractivity contribution in [3.63, 3.8) is 0 Å². The summed E-state index contributed by atoms with van der Waals surface area (Å²) in [6, 6.07) is 0.108. The largest absolute Gasteiger partial charge is 0.240 e. The number of nitrogens with one attached hydrogen (secondary N) is 1. The Balaban J connectivity index is 2.71. The number of hydrogen-bond acceptors (Lipinski definition) is 2. The first kappa shape index (κ1) is 15.4. The molecule has 18 heavy (non-hydrogen) atoms. The molecule has 1 aliphatic carbocycles. The highest BCUT2D eigenvalue weighted by molar-refractivity contribution is 7.93. The fourth-order valence-corrected chi connectivity index (χ4v) is 3.81. The molecule has 0 atom stereocenters. The number of rotatable bonds is 5. The second kappa shape index (κ2) is 7.10. The molecule has 0 aliphatic heterocycles. The van der Waals surface area contributed by atoms with Crippen LogP contribution in [0.4, 0.5) is 0 Å². The molecule has 1 aliphatic rings. The first-order valence-electron chi connectivity index (χ1n) is 6.84. The Morgan fingerprint density at radius 2 is 1.89 bits per heavy atom. The molecule has 1 rings (SSSR count). The summed E-state index contributed by atoms with van der Waals surface area (Å²) in [6.45, 7) is 6.01. The Labute approximate surface area is 111 Å². The summed E-state index contributed by atoms with van der Waals surface area (Å²) < 4.78 is 27.3. The molecule has 3 nitrogen and oxygen atoms in total. The van der Waals surface area contributed by atoms with Crippen molar-refractivity contribution in [3.8, 4) is 0 Å². The lowest BCUT2D eigenvalue weighted by atomic mass is 9.88. The molecule has 0 unspecified atom stereocenters. The lowest BCUT2D eigenvalue weighted by Crippen LogP contribution is -2.37. The van der Waals surface area contributed by atoms with E-state index in [0.29, 0.717) is 4.91 Å². The third kappa shape index (κ3) is 4.58. The van der Waals surface area contributed by atoms with Crippen LogP contribution < -0.4 is 4.72 Å². The summed E-state index contributed by atoms with van der Waals surface area (Å²) in [5.74, 6) is 0.729. The van der Waals surface area contributed by atoms with Crippen molar-refractivity contribution in [1.29, 1.82) is 0 Å². The molecule has 4 heteroatoms. The first-order valence-corrected chi connectivity index (χ1v) is 8.33. The Hall–Kier alpha value is -0.610. The maximum atomic E-state index is 12.2. The zero-order valence-electron chi connectivity index (χ0n) is 11.6. The molecule has 0 spiro atoms. The Morgan fingerprint density at radius 1 is 1.28 bits per heavy atom. The van der Waals surface area contributed by atoms with Gasteiger partial charge in [0.15, 0.2) is 0 Å². The van der Waals surface area contributed by atoms with E-state index in [1.807, 2.05) is 13.8 Å². The summed E-state index contributed by atoms with van der Waals surface area (Å²) in [4.78, 5) is 0.395. The number of allylic oxidation sites excluding steroid dienone is 3. The van der Waals surface area contributed by atoms with Gasteiger partial charge in [-0.1, -0.05) is 26.0 Å². The van der Waals surface area contributed by atoms with Gasteiger partial charge in [-0.25, -0.2) is 13.1 Å². The van der Waals surface area contributed by atoms with Gasteiger partial charge in [0, 0.05) is 6.04 Å². The molecule has 104 valence electrons. The van der Waals surface area contributed by atoms with E-state index < -0.39 is 10.0 Å². The standard InChI is InChI=1S/C14H25NO2S/c1-4-6-14(7-5-2)18(16,17)15-13-10-8-12(3)9-11-13/h4,6-7,12-13,15H,5,8-11H2,1-3H3/b6-4-,14-7+. The molecule has 0 radical (unpaired) electrons. The third-order valence-corrected chi connectivity index (χ3v) is 4.95. The Kier molecular flexibility index (Phi) is 6.09. The van der Waals surface area contributed by atoms with Gasteiger partial charge in [-0.2, -0.15) is 0 Å². The van der Waals surface area contributed by atoms with Crippen molar-refractivity contribution in [2.75, 3.05) is 0 Å². The van der Waals surface area contributed by atoms with Crippen LogP contribution in [0.15, 0.2) is 23.1 Å². The third-order valence-electron chi connectivity index (χ3n) is 3.38. The van der Waals surface area contributed by atoms with Gasteiger partial charge in [-0.05, 0) is 51.0 Å². The molecule has 0 saturated heterocycles. The summed E-state index contributed by atoms with van der Waals surface area (Å²) in [7, 11) is -3.34. The Morgan fingerprint density at radius 3 is 2.39 bits per heavy atom. The second-order valence-electron chi connectivity index (χ2n) is 5.09. The van der Waals surface area contributed by atoms with Crippen LogP contribution in [0.3, 0.4) is 0 Å². The van der Waals surface area contributed by atoms with Crippen molar-refractivity contribution in [1.82, 2.24) is 4.72 Å². The van der Waals surface area contributed by atoms with E-state index in [1.165, 1.54) is 0 Å². The van der Waals surface area contributed by atoms with Crippen molar-refractivity contribution in [3.05, 3.63) is 23.1 Å². The molecule has 1 saturated carbocycles. The van der Waals surface area contributed by atoms with E-state index >= 15 is 0 Å². The minimum atomic E-state index is -3.34. The minimum absolute atomic E-state index is 0.108. The molecular weight excluding hydrogens is 246 g/mol. The highest BCUT2D eigenvalue weighted by Crippen LogP contribution is 2.24. The summed E-state index contributed by atoms with van der Waals surface area (Å²) in [5.41, 5.74) is 0. The molecule has 0 aromatic heterocycles. The van der Waals surface area contributed by atoms with Crippen LogP contribution in [-0.2, 0) is 10.0 Å². The molecular formula is C14H25NO2S. The molecule has 0 bridgehead atoms. The highest BCUT2D eigenvalue weighted by atomic mass is 32.2. The van der Waals surface area contributed by atoms with E-state index in [1.54, 1.807) is 18.2 Å². The molecule has 0 aromatic carbocycles. The van der Waals surface area contributed by atoms with Gasteiger partial charge >= 0.3 is 0 Å². The SMILES string of the molecule is C/C=C\C(=C/CC)S(=O)(=O)NC1CCC(C)CC1. The average Bonchev–Trinajstić information content (AvgIpc) is 2.32. The van der Waals surface area contributed by atoms with E-state index in [-0.39, 0.29) is 6.04 Å². The monoisotopic (exact) mass is 271 g/mol. The summed E-state index contributed by atoms with van der Waals surface area (Å²) in [5, 5.41) is 0. The smallest absolute Gasteiger partial charge is 0.208 e. The van der Waals surface area contributed by atoms with Gasteiger partial charge in [-0.15, -0.1) is 0 Å². The van der Waals surface area contributed by atoms with Crippen LogP contribution in [0.1, 0.15) is 52.9 Å². The van der Waals surface area contributed by atoms with Gasteiger partial charge in [-0.3, -0.25) is 0 Å². The lowest BCUT2D eigenvalue weighted by molar-refractivity contribution is 0.332. The maximum Gasteiger partial charge on any atom is 0.240 e. The first-order chi connectivity index (χ1) is 8.49. The van der Waals surface area contributed by atoms with Gasteiger partial charge in [0.2, 0.25) is 10.0 Å². The van der Waals surface area contributed by atoms with Crippen molar-refractivity contribution < 1.29 is 8.42 Å². The zero-order chi connectivity index (χ0) is 13.6. The van der Waals surface area contributed by atoms with Crippen molar-refractivity contribution in [2.24, 2.45) is 5.92 Å². The summed E-state index contributed by atoms with van der Waals surface area (Å²) >= 11 is 0. The Bertz CT molecular complexity index is 402. The average molecular weight is 271 g/mol. The van der Waals surface area contributed by atoms with E-state index in [9.17, 15) is 8.42 Å². The number of hydrogen-bond donors (Lipinski definition) is 1. The molecule has 1 N–H and O–H groups in total. The predicted molar refractivity (Wildman–Crippen MR) is 76.7 cm³/mol. The van der Waals surface area contributed by atoms with Crippen molar-refractivity contribution >= 4 is 10.0 Å². The zero-order valence-corrected chi connectivity index (χ0v) is 12.5. The van der Waals surface area contributed by atoms with Gasteiger partial charge in [0.05, 0.1) is 4.91 Å². The van der Waals surface area contributed by atoms with Crippen LogP contribution >= 0.6 is 0 Å². The fraction of sp³-hybridized carbons (Fsp3) is 0.714. The van der Waals surface area contributed by atoms with Gasteiger partial charge < -0.3 is 0 Å². The second-order valence-corrected chi connectivity index (χ2v) is 6.81. The fourth-order valence-electron chi connectivity index (χ4n) is 2.30. The van der Waals surface area contributed by atoms with Crippen LogP contribution in [0, 0.1) is 5.92 Å². The maximum absolute atomic E-state index is 12.2. The minimum Gasteiger partial charge on any atom is -0.208 e. The quantitative estimate of drug-likeness (QED) is 0.779. The topological polar surface area (TPSA) is 46.2 Å². The highest BCUT2D eigenvalue weighted by Gasteiger charge is 2.24.